The largest absolute Gasteiger partial charge is 0.385 e. The molecular formula is C11H19NO3. The second kappa shape index (κ2) is 5.85. The Kier molecular flexibility index (Phi) is 4.75. The Morgan fingerprint density at radius 2 is 2.33 bits per heavy atom. The maximum absolute atomic E-state index is 11.7. The molecular weight excluding hydrogens is 194 g/mol. The van der Waals surface area contributed by atoms with Gasteiger partial charge in [0.1, 0.15) is 5.78 Å². The number of ketones is 1. The summed E-state index contributed by atoms with van der Waals surface area (Å²) in [6.07, 6.45) is 1.79. The molecule has 4 nitrogen and oxygen atoms in total. The monoisotopic (exact) mass is 213 g/mol. The second-order valence-corrected chi connectivity index (χ2v) is 4.05. The van der Waals surface area contributed by atoms with Gasteiger partial charge in [-0.25, -0.2) is 0 Å². The fraction of sp³-hybridized carbons (Fsp3) is 0.818. The molecule has 1 rings (SSSR count). The van der Waals surface area contributed by atoms with Gasteiger partial charge in [-0.05, 0) is 6.42 Å². The van der Waals surface area contributed by atoms with Crippen molar-refractivity contribution in [2.45, 2.75) is 26.2 Å². The number of amides is 1. The van der Waals surface area contributed by atoms with Gasteiger partial charge in [-0.15, -0.1) is 0 Å². The first kappa shape index (κ1) is 12.2. The lowest BCUT2D eigenvalue weighted by molar-refractivity contribution is -0.137. The zero-order valence-corrected chi connectivity index (χ0v) is 9.49. The smallest absolute Gasteiger partial charge is 0.222 e. The van der Waals surface area contributed by atoms with E-state index in [1.54, 1.807) is 12.0 Å². The van der Waals surface area contributed by atoms with E-state index in [-0.39, 0.29) is 17.6 Å². The summed E-state index contributed by atoms with van der Waals surface area (Å²) in [5, 5.41) is 0. The van der Waals surface area contributed by atoms with Crippen LogP contribution in [0.15, 0.2) is 0 Å². The van der Waals surface area contributed by atoms with E-state index in [1.807, 2.05) is 6.92 Å². The average molecular weight is 213 g/mol. The maximum Gasteiger partial charge on any atom is 0.222 e. The number of Topliss-reactive ketones (excluding diaryl/α,β-unsaturated/α-hetero) is 1. The molecule has 0 bridgehead atoms. The molecule has 15 heavy (non-hydrogen) atoms. The van der Waals surface area contributed by atoms with Crippen molar-refractivity contribution in [1.82, 2.24) is 4.90 Å². The molecule has 86 valence electrons. The Bertz CT molecular complexity index is 240. The number of hydrogen-bond acceptors (Lipinski definition) is 3. The Morgan fingerprint density at radius 3 is 2.93 bits per heavy atom. The Balaban J connectivity index is 2.31. The highest BCUT2D eigenvalue weighted by Gasteiger charge is 2.25. The van der Waals surface area contributed by atoms with Crippen molar-refractivity contribution >= 4 is 11.7 Å². The molecule has 4 heteroatoms. The van der Waals surface area contributed by atoms with E-state index >= 15 is 0 Å². The minimum atomic E-state index is 0.00475. The number of carbonyl (C=O) groups is 2. The molecule has 0 saturated carbocycles. The van der Waals surface area contributed by atoms with Crippen molar-refractivity contribution in [2.24, 2.45) is 5.92 Å². The maximum atomic E-state index is 11.7. The van der Waals surface area contributed by atoms with Crippen LogP contribution in [-0.4, -0.2) is 43.4 Å². The van der Waals surface area contributed by atoms with Crippen LogP contribution in [0, 0.1) is 5.92 Å². The fourth-order valence-corrected chi connectivity index (χ4v) is 1.77. The van der Waals surface area contributed by atoms with Gasteiger partial charge in [0.15, 0.2) is 0 Å². The van der Waals surface area contributed by atoms with Crippen LogP contribution in [-0.2, 0) is 14.3 Å². The summed E-state index contributed by atoms with van der Waals surface area (Å²) < 4.78 is 4.89. The summed E-state index contributed by atoms with van der Waals surface area (Å²) in [5.41, 5.74) is 0. The van der Waals surface area contributed by atoms with Gasteiger partial charge in [-0.1, -0.05) is 6.92 Å². The van der Waals surface area contributed by atoms with Crippen LogP contribution < -0.4 is 0 Å². The Morgan fingerprint density at radius 1 is 1.60 bits per heavy atom. The van der Waals surface area contributed by atoms with Gasteiger partial charge < -0.3 is 9.64 Å². The van der Waals surface area contributed by atoms with Crippen LogP contribution in [0.25, 0.3) is 0 Å². The molecule has 1 unspecified atom stereocenters. The van der Waals surface area contributed by atoms with Crippen molar-refractivity contribution in [3.8, 4) is 0 Å². The number of ether oxygens (including phenoxy) is 1. The van der Waals surface area contributed by atoms with Gasteiger partial charge >= 0.3 is 0 Å². The van der Waals surface area contributed by atoms with Gasteiger partial charge in [0.2, 0.25) is 5.91 Å². The summed E-state index contributed by atoms with van der Waals surface area (Å²) in [7, 11) is 1.63. The van der Waals surface area contributed by atoms with Crippen LogP contribution in [0.2, 0.25) is 0 Å². The lowest BCUT2D eigenvalue weighted by Gasteiger charge is -2.30. The molecule has 0 radical (unpaired) electrons. The molecule has 1 heterocycles. The van der Waals surface area contributed by atoms with Crippen molar-refractivity contribution in [2.75, 3.05) is 26.8 Å². The molecule has 1 saturated heterocycles. The molecule has 0 spiro atoms. The van der Waals surface area contributed by atoms with Gasteiger partial charge in [-0.3, -0.25) is 9.59 Å². The number of piperidine rings is 1. The van der Waals surface area contributed by atoms with Crippen LogP contribution in [0.5, 0.6) is 0 Å². The van der Waals surface area contributed by atoms with E-state index in [0.717, 1.165) is 6.42 Å². The zero-order chi connectivity index (χ0) is 11.3. The lowest BCUT2D eigenvalue weighted by Crippen LogP contribution is -2.43. The molecule has 0 aromatic heterocycles. The van der Waals surface area contributed by atoms with Gasteiger partial charge in [0.25, 0.3) is 0 Å². The number of nitrogens with zero attached hydrogens (tertiary/aromatic N) is 1. The highest BCUT2D eigenvalue weighted by atomic mass is 16.5. The predicted molar refractivity (Wildman–Crippen MR) is 56.5 cm³/mol. The summed E-state index contributed by atoms with van der Waals surface area (Å²) in [6.45, 7) is 3.69. The highest BCUT2D eigenvalue weighted by molar-refractivity contribution is 5.85. The molecule has 1 aliphatic rings. The van der Waals surface area contributed by atoms with E-state index in [2.05, 4.69) is 0 Å². The topological polar surface area (TPSA) is 46.6 Å². The molecule has 1 aliphatic heterocycles. The number of rotatable bonds is 4. The van der Waals surface area contributed by atoms with Gasteiger partial charge in [-0.2, -0.15) is 0 Å². The first-order valence-corrected chi connectivity index (χ1v) is 5.44. The van der Waals surface area contributed by atoms with Crippen LogP contribution in [0.3, 0.4) is 0 Å². The highest BCUT2D eigenvalue weighted by Crippen LogP contribution is 2.13. The van der Waals surface area contributed by atoms with E-state index < -0.39 is 0 Å². The van der Waals surface area contributed by atoms with Crippen molar-refractivity contribution in [3.05, 3.63) is 0 Å². The lowest BCUT2D eigenvalue weighted by atomic mass is 9.98. The van der Waals surface area contributed by atoms with Gasteiger partial charge in [0, 0.05) is 45.6 Å². The molecule has 0 N–H and O–H groups in total. The first-order chi connectivity index (χ1) is 7.15. The third-order valence-electron chi connectivity index (χ3n) is 2.76. The number of carbonyl (C=O) groups excluding carboxylic acids is 2. The minimum absolute atomic E-state index is 0.00475. The van der Waals surface area contributed by atoms with Crippen LogP contribution in [0.4, 0.5) is 0 Å². The molecule has 1 fully saturated rings. The minimum Gasteiger partial charge on any atom is -0.385 e. The van der Waals surface area contributed by atoms with Crippen LogP contribution >= 0.6 is 0 Å². The van der Waals surface area contributed by atoms with Gasteiger partial charge in [0.05, 0.1) is 0 Å². The van der Waals surface area contributed by atoms with Crippen molar-refractivity contribution in [3.63, 3.8) is 0 Å². The normalized spacial score (nSPS) is 21.9. The SMILES string of the molecule is COCCCC(=O)N1CCC(=O)C(C)C1. The van der Waals surface area contributed by atoms with Crippen molar-refractivity contribution in [1.29, 1.82) is 0 Å². The molecule has 0 aromatic rings. The van der Waals surface area contributed by atoms with Crippen LogP contribution in [0.1, 0.15) is 26.2 Å². The fourth-order valence-electron chi connectivity index (χ4n) is 1.77. The Labute approximate surface area is 90.6 Å². The standard InChI is InChI=1S/C11H19NO3/c1-9-8-12(6-5-10(9)13)11(14)4-3-7-15-2/h9H,3-8H2,1-2H3. The third-order valence-corrected chi connectivity index (χ3v) is 2.76. The summed E-state index contributed by atoms with van der Waals surface area (Å²) in [6, 6.07) is 0. The average Bonchev–Trinajstić information content (AvgIpc) is 2.22. The van der Waals surface area contributed by atoms with E-state index in [4.69, 9.17) is 4.74 Å². The molecule has 1 amide bonds. The summed E-state index contributed by atoms with van der Waals surface area (Å²) in [4.78, 5) is 24.7. The van der Waals surface area contributed by atoms with E-state index in [9.17, 15) is 9.59 Å². The summed E-state index contributed by atoms with van der Waals surface area (Å²) in [5.74, 6) is 0.424. The summed E-state index contributed by atoms with van der Waals surface area (Å²) >= 11 is 0. The first-order valence-electron chi connectivity index (χ1n) is 5.44. The predicted octanol–water partition coefficient (Wildman–Crippen LogP) is 0.851. The molecule has 1 atom stereocenters. The Hall–Kier alpha value is -0.900. The zero-order valence-electron chi connectivity index (χ0n) is 9.49. The molecule has 0 aromatic carbocycles. The third kappa shape index (κ3) is 3.63. The van der Waals surface area contributed by atoms with E-state index in [1.165, 1.54) is 0 Å². The molecule has 0 aliphatic carbocycles. The number of hydrogen-bond donors (Lipinski definition) is 0. The number of methoxy groups -OCH3 is 1. The quantitative estimate of drug-likeness (QED) is 0.650. The van der Waals surface area contributed by atoms with Crippen molar-refractivity contribution < 1.29 is 14.3 Å². The number of likely N-dealkylation sites (tertiary alicyclic amines) is 1. The van der Waals surface area contributed by atoms with E-state index in [0.29, 0.717) is 32.5 Å². The second-order valence-electron chi connectivity index (χ2n) is 4.05.